The number of hydrogen-bond acceptors (Lipinski definition) is 5. The van der Waals surface area contributed by atoms with Crippen molar-refractivity contribution in [1.82, 2.24) is 15.0 Å². The Balaban J connectivity index is 1.59. The lowest BCUT2D eigenvalue weighted by Gasteiger charge is -2.12. The van der Waals surface area contributed by atoms with Crippen LogP contribution in [-0.4, -0.2) is 15.0 Å². The number of nitrogens with one attached hydrogen (secondary N) is 2. The summed E-state index contributed by atoms with van der Waals surface area (Å²) in [5.74, 6) is 0.825. The first-order valence-corrected chi connectivity index (χ1v) is 8.79. The first-order chi connectivity index (χ1) is 13.9. The molecule has 29 heavy (non-hydrogen) atoms. The van der Waals surface area contributed by atoms with Gasteiger partial charge in [-0.3, -0.25) is 4.98 Å². The highest BCUT2D eigenvalue weighted by Crippen LogP contribution is 2.30. The third kappa shape index (κ3) is 4.26. The highest BCUT2D eigenvalue weighted by Gasteiger charge is 2.29. The van der Waals surface area contributed by atoms with Crippen molar-refractivity contribution in [2.45, 2.75) is 13.1 Å². The van der Waals surface area contributed by atoms with Crippen molar-refractivity contribution in [2.75, 3.05) is 10.6 Å². The van der Waals surface area contributed by atoms with E-state index in [4.69, 9.17) is 0 Å². The Kier molecular flexibility index (Phi) is 4.75. The predicted octanol–water partition coefficient (Wildman–Crippen LogP) is 5.84. The van der Waals surface area contributed by atoms with Gasteiger partial charge in [0.1, 0.15) is 5.82 Å². The molecule has 5 nitrogen and oxygen atoms in total. The maximum absolute atomic E-state index is 12.7. The molecule has 2 aromatic heterocycles. The molecule has 0 saturated carbocycles. The van der Waals surface area contributed by atoms with Gasteiger partial charge in [-0.15, -0.1) is 0 Å². The van der Waals surface area contributed by atoms with Gasteiger partial charge in [0.05, 0.1) is 16.8 Å². The SMILES string of the molecule is Cc1cc(Nc2cccc3cccnc23)nc(Nc2ccc(C(F)(F)F)cc2)n1. The van der Waals surface area contributed by atoms with Gasteiger partial charge in [-0.25, -0.2) is 4.98 Å². The van der Waals surface area contributed by atoms with E-state index in [1.54, 1.807) is 12.3 Å². The zero-order chi connectivity index (χ0) is 20.4. The summed E-state index contributed by atoms with van der Waals surface area (Å²) >= 11 is 0. The molecule has 0 radical (unpaired) electrons. The Labute approximate surface area is 164 Å². The fourth-order valence-electron chi connectivity index (χ4n) is 2.90. The van der Waals surface area contributed by atoms with E-state index in [1.807, 2.05) is 37.3 Å². The van der Waals surface area contributed by atoms with E-state index in [0.717, 1.165) is 28.7 Å². The van der Waals surface area contributed by atoms with Gasteiger partial charge in [-0.2, -0.15) is 18.2 Å². The summed E-state index contributed by atoms with van der Waals surface area (Å²) in [7, 11) is 0. The van der Waals surface area contributed by atoms with Gasteiger partial charge in [-0.05, 0) is 43.3 Å². The molecule has 0 unspecified atom stereocenters. The highest BCUT2D eigenvalue weighted by molar-refractivity contribution is 5.91. The molecule has 2 N–H and O–H groups in total. The largest absolute Gasteiger partial charge is 0.416 e. The van der Waals surface area contributed by atoms with E-state index < -0.39 is 11.7 Å². The van der Waals surface area contributed by atoms with Gasteiger partial charge in [-0.1, -0.05) is 18.2 Å². The minimum Gasteiger partial charge on any atom is -0.338 e. The Bertz CT molecular complexity index is 1150. The van der Waals surface area contributed by atoms with Crippen molar-refractivity contribution in [3.8, 4) is 0 Å². The number of anilines is 4. The average molecular weight is 395 g/mol. The van der Waals surface area contributed by atoms with E-state index in [0.29, 0.717) is 17.2 Å². The van der Waals surface area contributed by atoms with Crippen molar-refractivity contribution in [3.05, 3.63) is 78.1 Å². The van der Waals surface area contributed by atoms with Crippen molar-refractivity contribution in [1.29, 1.82) is 0 Å². The number of benzene rings is 2. The van der Waals surface area contributed by atoms with Crippen LogP contribution < -0.4 is 10.6 Å². The topological polar surface area (TPSA) is 62.7 Å². The quantitative estimate of drug-likeness (QED) is 0.455. The summed E-state index contributed by atoms with van der Waals surface area (Å²) < 4.78 is 38.1. The minimum atomic E-state index is -4.37. The first kappa shape index (κ1) is 18.7. The molecule has 4 aromatic rings. The van der Waals surface area contributed by atoms with Crippen molar-refractivity contribution >= 4 is 34.0 Å². The van der Waals surface area contributed by atoms with Crippen LogP contribution in [0.1, 0.15) is 11.3 Å². The number of pyridine rings is 1. The lowest BCUT2D eigenvalue weighted by atomic mass is 10.2. The number of rotatable bonds is 4. The van der Waals surface area contributed by atoms with Crippen LogP contribution in [0.5, 0.6) is 0 Å². The number of hydrogen-bond donors (Lipinski definition) is 2. The number of aryl methyl sites for hydroxylation is 1. The predicted molar refractivity (Wildman–Crippen MR) is 107 cm³/mol. The van der Waals surface area contributed by atoms with Crippen LogP contribution >= 0.6 is 0 Å². The number of alkyl halides is 3. The van der Waals surface area contributed by atoms with E-state index in [9.17, 15) is 13.2 Å². The molecule has 2 heterocycles. The number of aromatic nitrogens is 3. The van der Waals surface area contributed by atoms with Gasteiger partial charge < -0.3 is 10.6 Å². The molecule has 0 amide bonds. The normalized spacial score (nSPS) is 11.4. The molecule has 0 aliphatic heterocycles. The molecule has 0 atom stereocenters. The highest BCUT2D eigenvalue weighted by atomic mass is 19.4. The molecule has 0 fully saturated rings. The summed E-state index contributed by atoms with van der Waals surface area (Å²) in [6.45, 7) is 1.81. The third-order valence-electron chi connectivity index (χ3n) is 4.22. The van der Waals surface area contributed by atoms with E-state index in [1.165, 1.54) is 12.1 Å². The summed E-state index contributed by atoms with van der Waals surface area (Å²) in [5, 5.41) is 7.17. The lowest BCUT2D eigenvalue weighted by molar-refractivity contribution is -0.137. The van der Waals surface area contributed by atoms with Crippen LogP contribution in [0, 0.1) is 6.92 Å². The zero-order valence-electron chi connectivity index (χ0n) is 15.3. The third-order valence-corrected chi connectivity index (χ3v) is 4.22. The molecule has 4 rings (SSSR count). The van der Waals surface area contributed by atoms with Crippen molar-refractivity contribution < 1.29 is 13.2 Å². The Morgan fingerprint density at radius 2 is 1.62 bits per heavy atom. The first-order valence-electron chi connectivity index (χ1n) is 8.79. The fraction of sp³-hybridized carbons (Fsp3) is 0.0952. The standard InChI is InChI=1S/C21H16F3N5/c1-13-12-18(28-17-6-2-4-14-5-3-11-25-19(14)17)29-20(26-13)27-16-9-7-15(8-10-16)21(22,23)24/h2-12H,1H3,(H2,26,27,28,29). The molecule has 0 saturated heterocycles. The van der Waals surface area contributed by atoms with Crippen LogP contribution in [0.2, 0.25) is 0 Å². The molecule has 8 heteroatoms. The summed E-state index contributed by atoms with van der Waals surface area (Å²) in [6, 6.07) is 16.1. The van der Waals surface area contributed by atoms with Gasteiger partial charge in [0.2, 0.25) is 5.95 Å². The number of fused-ring (bicyclic) bond motifs is 1. The number of halogens is 3. The van der Waals surface area contributed by atoms with Crippen molar-refractivity contribution in [3.63, 3.8) is 0 Å². The van der Waals surface area contributed by atoms with E-state index >= 15 is 0 Å². The monoisotopic (exact) mass is 395 g/mol. The van der Waals surface area contributed by atoms with Crippen LogP contribution in [0.4, 0.5) is 36.3 Å². The maximum Gasteiger partial charge on any atom is 0.416 e. The zero-order valence-corrected chi connectivity index (χ0v) is 15.3. The minimum absolute atomic E-state index is 0.278. The Morgan fingerprint density at radius 1 is 0.862 bits per heavy atom. The van der Waals surface area contributed by atoms with Crippen LogP contribution in [-0.2, 0) is 6.18 Å². The van der Waals surface area contributed by atoms with Gasteiger partial charge >= 0.3 is 6.18 Å². The Hall–Kier alpha value is -3.68. The summed E-state index contributed by atoms with van der Waals surface area (Å²) in [6.07, 6.45) is -2.65. The van der Waals surface area contributed by atoms with Crippen LogP contribution in [0.15, 0.2) is 66.9 Å². The molecule has 0 bridgehead atoms. The molecule has 0 aliphatic rings. The molecule has 0 aliphatic carbocycles. The number of para-hydroxylation sites is 1. The van der Waals surface area contributed by atoms with Crippen LogP contribution in [0.25, 0.3) is 10.9 Å². The van der Waals surface area contributed by atoms with Crippen LogP contribution in [0.3, 0.4) is 0 Å². The maximum atomic E-state index is 12.7. The van der Waals surface area contributed by atoms with Gasteiger partial charge in [0.15, 0.2) is 0 Å². The average Bonchev–Trinajstić information content (AvgIpc) is 2.68. The summed E-state index contributed by atoms with van der Waals surface area (Å²) in [5.41, 5.74) is 2.05. The Morgan fingerprint density at radius 3 is 2.38 bits per heavy atom. The number of nitrogens with zero attached hydrogens (tertiary/aromatic N) is 3. The lowest BCUT2D eigenvalue weighted by Crippen LogP contribution is -2.05. The molecule has 146 valence electrons. The van der Waals surface area contributed by atoms with E-state index in [-0.39, 0.29) is 5.95 Å². The summed E-state index contributed by atoms with van der Waals surface area (Å²) in [4.78, 5) is 13.1. The second-order valence-corrected chi connectivity index (χ2v) is 6.42. The fourth-order valence-corrected chi connectivity index (χ4v) is 2.90. The molecule has 2 aromatic carbocycles. The van der Waals surface area contributed by atoms with Gasteiger partial charge in [0, 0.05) is 29.0 Å². The molecular formula is C21H16F3N5. The second-order valence-electron chi connectivity index (χ2n) is 6.42. The smallest absolute Gasteiger partial charge is 0.338 e. The van der Waals surface area contributed by atoms with Crippen molar-refractivity contribution in [2.24, 2.45) is 0 Å². The molecule has 0 spiro atoms. The molecular weight excluding hydrogens is 379 g/mol. The van der Waals surface area contributed by atoms with Gasteiger partial charge in [0.25, 0.3) is 0 Å². The second kappa shape index (κ2) is 7.38. The van der Waals surface area contributed by atoms with E-state index in [2.05, 4.69) is 25.6 Å².